The summed E-state index contributed by atoms with van der Waals surface area (Å²) in [5, 5.41) is 12.6. The number of aliphatic hydroxyl groups is 1. The molecule has 0 aliphatic carbocycles. The first-order valence-electron chi connectivity index (χ1n) is 5.40. The van der Waals surface area contributed by atoms with Crippen LogP contribution in [-0.4, -0.2) is 40.8 Å². The van der Waals surface area contributed by atoms with Crippen molar-refractivity contribution >= 4 is 27.7 Å². The second kappa shape index (κ2) is 4.97. The molecule has 1 aromatic rings. The second-order valence-electron chi connectivity index (χ2n) is 3.78. The van der Waals surface area contributed by atoms with Crippen molar-refractivity contribution in [1.82, 2.24) is 9.97 Å². The Kier molecular flexibility index (Phi) is 3.60. The minimum Gasteiger partial charge on any atom is -0.391 e. The van der Waals surface area contributed by atoms with Crippen molar-refractivity contribution in [2.24, 2.45) is 0 Å². The van der Waals surface area contributed by atoms with Crippen LogP contribution in [0.4, 0.5) is 11.8 Å². The Bertz CT molecular complexity index is 374. The molecule has 0 aromatic carbocycles. The van der Waals surface area contributed by atoms with E-state index >= 15 is 0 Å². The van der Waals surface area contributed by atoms with Gasteiger partial charge < -0.3 is 15.3 Å². The van der Waals surface area contributed by atoms with E-state index in [0.717, 1.165) is 29.8 Å². The number of hydrogen-bond donors (Lipinski definition) is 2. The molecule has 1 aliphatic rings. The van der Waals surface area contributed by atoms with Crippen LogP contribution in [0.15, 0.2) is 10.7 Å². The van der Waals surface area contributed by atoms with Crippen LogP contribution in [0, 0.1) is 0 Å². The number of hydrogen-bond acceptors (Lipinski definition) is 5. The Morgan fingerprint density at radius 2 is 2.50 bits per heavy atom. The van der Waals surface area contributed by atoms with Crippen LogP contribution in [0.25, 0.3) is 0 Å². The first-order chi connectivity index (χ1) is 7.70. The van der Waals surface area contributed by atoms with Crippen molar-refractivity contribution < 1.29 is 5.11 Å². The Morgan fingerprint density at radius 3 is 3.12 bits per heavy atom. The second-order valence-corrected chi connectivity index (χ2v) is 4.64. The summed E-state index contributed by atoms with van der Waals surface area (Å²) in [7, 11) is 0. The van der Waals surface area contributed by atoms with Crippen LogP contribution in [0.1, 0.15) is 13.3 Å². The summed E-state index contributed by atoms with van der Waals surface area (Å²) in [6.07, 6.45) is 2.29. The fourth-order valence-electron chi connectivity index (χ4n) is 1.76. The maximum absolute atomic E-state index is 9.51. The van der Waals surface area contributed by atoms with E-state index < -0.39 is 0 Å². The van der Waals surface area contributed by atoms with Gasteiger partial charge in [0.1, 0.15) is 5.82 Å². The topological polar surface area (TPSA) is 61.3 Å². The fraction of sp³-hybridized carbons (Fsp3) is 0.600. The molecule has 88 valence electrons. The summed E-state index contributed by atoms with van der Waals surface area (Å²) in [6.45, 7) is 4.28. The summed E-state index contributed by atoms with van der Waals surface area (Å²) in [6, 6.07) is 0. The van der Waals surface area contributed by atoms with E-state index in [9.17, 15) is 5.11 Å². The molecule has 1 atom stereocenters. The first-order valence-corrected chi connectivity index (χ1v) is 6.19. The fourth-order valence-corrected chi connectivity index (χ4v) is 2.20. The van der Waals surface area contributed by atoms with Crippen molar-refractivity contribution in [1.29, 1.82) is 0 Å². The summed E-state index contributed by atoms with van der Waals surface area (Å²) >= 11 is 3.44. The van der Waals surface area contributed by atoms with E-state index in [1.54, 1.807) is 6.20 Å². The van der Waals surface area contributed by atoms with Gasteiger partial charge in [-0.05, 0) is 29.3 Å². The molecule has 2 rings (SSSR count). The molecule has 1 aliphatic heterocycles. The van der Waals surface area contributed by atoms with Gasteiger partial charge in [0, 0.05) is 25.8 Å². The molecule has 2 heterocycles. The summed E-state index contributed by atoms with van der Waals surface area (Å²) < 4.78 is 0.864. The zero-order valence-corrected chi connectivity index (χ0v) is 10.7. The van der Waals surface area contributed by atoms with Gasteiger partial charge in [-0.1, -0.05) is 0 Å². The molecule has 1 saturated heterocycles. The first kappa shape index (κ1) is 11.6. The minimum absolute atomic E-state index is 0.246. The SMILES string of the molecule is CCNc1ncc(Br)c(N2CCC(O)C2)n1. The van der Waals surface area contributed by atoms with Crippen LogP contribution < -0.4 is 10.2 Å². The number of aliphatic hydroxyl groups excluding tert-OH is 1. The lowest BCUT2D eigenvalue weighted by atomic mass is 10.3. The number of nitrogens with one attached hydrogen (secondary N) is 1. The van der Waals surface area contributed by atoms with E-state index in [0.29, 0.717) is 12.5 Å². The third-order valence-corrected chi connectivity index (χ3v) is 3.08. The molecule has 16 heavy (non-hydrogen) atoms. The average Bonchev–Trinajstić information content (AvgIpc) is 2.68. The molecular formula is C10H15BrN4O. The molecule has 0 saturated carbocycles. The quantitative estimate of drug-likeness (QED) is 0.876. The van der Waals surface area contributed by atoms with Crippen molar-refractivity contribution in [2.75, 3.05) is 29.9 Å². The monoisotopic (exact) mass is 286 g/mol. The zero-order valence-electron chi connectivity index (χ0n) is 9.15. The Morgan fingerprint density at radius 1 is 1.69 bits per heavy atom. The van der Waals surface area contributed by atoms with Crippen LogP contribution >= 0.6 is 15.9 Å². The lowest BCUT2D eigenvalue weighted by Crippen LogP contribution is -2.23. The molecule has 1 aromatic heterocycles. The van der Waals surface area contributed by atoms with Gasteiger partial charge in [0.2, 0.25) is 5.95 Å². The molecule has 6 heteroatoms. The average molecular weight is 287 g/mol. The molecule has 1 unspecified atom stereocenters. The molecule has 0 amide bonds. The molecule has 2 N–H and O–H groups in total. The summed E-state index contributed by atoms with van der Waals surface area (Å²) in [5.74, 6) is 1.48. The highest BCUT2D eigenvalue weighted by Crippen LogP contribution is 2.27. The minimum atomic E-state index is -0.246. The van der Waals surface area contributed by atoms with Crippen LogP contribution in [-0.2, 0) is 0 Å². The summed E-state index contributed by atoms with van der Waals surface area (Å²) in [5.41, 5.74) is 0. The standard InChI is InChI=1S/C10H15BrN4O/c1-2-12-10-13-5-8(11)9(14-10)15-4-3-7(16)6-15/h5,7,16H,2-4,6H2,1H3,(H,12,13,14). The lowest BCUT2D eigenvalue weighted by molar-refractivity contribution is 0.198. The van der Waals surface area contributed by atoms with Gasteiger partial charge in [-0.25, -0.2) is 4.98 Å². The molecule has 1 fully saturated rings. The van der Waals surface area contributed by atoms with Gasteiger partial charge in [0.25, 0.3) is 0 Å². The van der Waals surface area contributed by atoms with Gasteiger partial charge in [-0.2, -0.15) is 4.98 Å². The third-order valence-electron chi connectivity index (χ3n) is 2.52. The Labute approximate surface area is 103 Å². The molecular weight excluding hydrogens is 272 g/mol. The lowest BCUT2D eigenvalue weighted by Gasteiger charge is -2.18. The van der Waals surface area contributed by atoms with E-state index in [1.165, 1.54) is 0 Å². The van der Waals surface area contributed by atoms with E-state index in [1.807, 2.05) is 6.92 Å². The zero-order chi connectivity index (χ0) is 11.5. The Hall–Kier alpha value is -0.880. The molecule has 0 bridgehead atoms. The number of β-amino-alcohol motifs (C(OH)–C–C–N with tert-alkyl or cyclic N) is 1. The highest BCUT2D eigenvalue weighted by Gasteiger charge is 2.23. The van der Waals surface area contributed by atoms with Gasteiger partial charge in [0.05, 0.1) is 10.6 Å². The third kappa shape index (κ3) is 2.44. The van der Waals surface area contributed by atoms with E-state index in [2.05, 4.69) is 36.1 Å². The van der Waals surface area contributed by atoms with Crippen molar-refractivity contribution in [2.45, 2.75) is 19.4 Å². The van der Waals surface area contributed by atoms with Crippen molar-refractivity contribution in [3.05, 3.63) is 10.7 Å². The smallest absolute Gasteiger partial charge is 0.224 e. The highest BCUT2D eigenvalue weighted by molar-refractivity contribution is 9.10. The summed E-state index contributed by atoms with van der Waals surface area (Å²) in [4.78, 5) is 10.7. The van der Waals surface area contributed by atoms with Crippen LogP contribution in [0.2, 0.25) is 0 Å². The van der Waals surface area contributed by atoms with E-state index in [4.69, 9.17) is 0 Å². The predicted molar refractivity (Wildman–Crippen MR) is 66.7 cm³/mol. The van der Waals surface area contributed by atoms with Gasteiger partial charge in [-0.15, -0.1) is 0 Å². The van der Waals surface area contributed by atoms with Crippen LogP contribution in [0.3, 0.4) is 0 Å². The van der Waals surface area contributed by atoms with Gasteiger partial charge >= 0.3 is 0 Å². The molecule has 5 nitrogen and oxygen atoms in total. The normalized spacial score (nSPS) is 20.2. The van der Waals surface area contributed by atoms with Crippen LogP contribution in [0.5, 0.6) is 0 Å². The maximum atomic E-state index is 9.51. The molecule has 0 spiro atoms. The van der Waals surface area contributed by atoms with Gasteiger partial charge in [0.15, 0.2) is 0 Å². The maximum Gasteiger partial charge on any atom is 0.224 e. The van der Waals surface area contributed by atoms with Crippen molar-refractivity contribution in [3.8, 4) is 0 Å². The Balaban J connectivity index is 2.21. The largest absolute Gasteiger partial charge is 0.391 e. The van der Waals surface area contributed by atoms with E-state index in [-0.39, 0.29) is 6.10 Å². The predicted octanol–water partition coefficient (Wildman–Crippen LogP) is 1.24. The molecule has 0 radical (unpaired) electrons. The number of rotatable bonds is 3. The highest BCUT2D eigenvalue weighted by atomic mass is 79.9. The number of halogens is 1. The number of anilines is 2. The number of nitrogens with zero attached hydrogens (tertiary/aromatic N) is 3. The number of aromatic nitrogens is 2. The van der Waals surface area contributed by atoms with Crippen molar-refractivity contribution in [3.63, 3.8) is 0 Å². The van der Waals surface area contributed by atoms with Gasteiger partial charge in [-0.3, -0.25) is 0 Å².